The highest BCUT2D eigenvalue weighted by atomic mass is 32.1. The molecular weight excluding hydrogens is 328 g/mol. The minimum atomic E-state index is -0.153. The normalized spacial score (nSPS) is 16.2. The number of nitrogens with zero attached hydrogens (tertiary/aromatic N) is 1. The lowest BCUT2D eigenvalue weighted by molar-refractivity contribution is 0.102. The van der Waals surface area contributed by atoms with Gasteiger partial charge in [0, 0.05) is 10.4 Å². The Morgan fingerprint density at radius 3 is 2.88 bits per heavy atom. The molecule has 0 spiro atoms. The Bertz CT molecular complexity index is 1010. The molecule has 0 radical (unpaired) electrons. The molecule has 3 aromatic rings. The van der Waals surface area contributed by atoms with E-state index in [4.69, 9.17) is 0 Å². The summed E-state index contributed by atoms with van der Waals surface area (Å²) in [5, 5.41) is 15.3. The number of nitrogens with one attached hydrogen (secondary N) is 1. The van der Waals surface area contributed by atoms with Crippen LogP contribution in [-0.2, 0) is 12.8 Å². The van der Waals surface area contributed by atoms with Crippen LogP contribution in [0.25, 0.3) is 10.8 Å². The molecule has 1 atom stereocenters. The molecule has 2 aromatic carbocycles. The summed E-state index contributed by atoms with van der Waals surface area (Å²) in [6.45, 7) is 2.22. The van der Waals surface area contributed by atoms with Gasteiger partial charge in [0.05, 0.1) is 5.56 Å². The molecule has 1 aliphatic carbocycles. The van der Waals surface area contributed by atoms with Gasteiger partial charge in [0.25, 0.3) is 5.91 Å². The third-order valence-corrected chi connectivity index (χ3v) is 6.09. The van der Waals surface area contributed by atoms with Crippen molar-refractivity contribution in [2.75, 3.05) is 5.32 Å². The predicted molar refractivity (Wildman–Crippen MR) is 102 cm³/mol. The maximum atomic E-state index is 12.9. The number of fused-ring (bicyclic) bond motifs is 2. The summed E-state index contributed by atoms with van der Waals surface area (Å²) in [4.78, 5) is 14.1. The standard InChI is InChI=1S/C21H18N2OS/c1-13-9-10-19-17(11-13)18(12-22)21(25-19)23-20(24)16-8-4-6-14-5-2-3-7-15(14)16/h2-8,13H,9-11H2,1H3,(H,23,24)/t13-/m1/s1. The quantitative estimate of drug-likeness (QED) is 0.697. The topological polar surface area (TPSA) is 52.9 Å². The molecule has 0 saturated heterocycles. The summed E-state index contributed by atoms with van der Waals surface area (Å²) in [5.74, 6) is 0.441. The van der Waals surface area contributed by atoms with Crippen molar-refractivity contribution in [2.24, 2.45) is 5.92 Å². The van der Waals surface area contributed by atoms with Gasteiger partial charge in [-0.3, -0.25) is 4.79 Å². The molecule has 3 nitrogen and oxygen atoms in total. The smallest absolute Gasteiger partial charge is 0.256 e. The fourth-order valence-electron chi connectivity index (χ4n) is 3.56. The minimum Gasteiger partial charge on any atom is -0.312 e. The molecule has 1 aromatic heterocycles. The molecule has 4 heteroatoms. The van der Waals surface area contributed by atoms with Crippen LogP contribution in [0.15, 0.2) is 42.5 Å². The number of thiophene rings is 1. The fraction of sp³-hybridized carbons (Fsp3) is 0.238. The van der Waals surface area contributed by atoms with Gasteiger partial charge in [0.2, 0.25) is 0 Å². The zero-order valence-electron chi connectivity index (χ0n) is 14.0. The largest absolute Gasteiger partial charge is 0.312 e. The van der Waals surface area contributed by atoms with Crippen molar-refractivity contribution < 1.29 is 4.79 Å². The number of nitriles is 1. The first-order chi connectivity index (χ1) is 12.2. The van der Waals surface area contributed by atoms with Gasteiger partial charge in [0.1, 0.15) is 11.1 Å². The average molecular weight is 346 g/mol. The van der Waals surface area contributed by atoms with Crippen molar-refractivity contribution in [3.05, 3.63) is 64.0 Å². The number of hydrogen-bond donors (Lipinski definition) is 1. The molecule has 0 unspecified atom stereocenters. The van der Waals surface area contributed by atoms with Crippen LogP contribution in [0.5, 0.6) is 0 Å². The van der Waals surface area contributed by atoms with Crippen LogP contribution in [0.2, 0.25) is 0 Å². The Labute approximate surface area is 150 Å². The van der Waals surface area contributed by atoms with Gasteiger partial charge in [-0.1, -0.05) is 43.3 Å². The number of hydrogen-bond acceptors (Lipinski definition) is 3. The summed E-state index contributed by atoms with van der Waals surface area (Å²) in [5.41, 5.74) is 2.43. The molecule has 0 saturated carbocycles. The van der Waals surface area contributed by atoms with Gasteiger partial charge in [-0.25, -0.2) is 0 Å². The van der Waals surface area contributed by atoms with E-state index >= 15 is 0 Å². The summed E-state index contributed by atoms with van der Waals surface area (Å²) in [7, 11) is 0. The Hall–Kier alpha value is -2.64. The average Bonchev–Trinajstić information content (AvgIpc) is 2.97. The van der Waals surface area contributed by atoms with Gasteiger partial charge in [-0.05, 0) is 47.6 Å². The summed E-state index contributed by atoms with van der Waals surface area (Å²) < 4.78 is 0. The number of carbonyl (C=O) groups excluding carboxylic acids is 1. The van der Waals surface area contributed by atoms with E-state index in [1.165, 1.54) is 4.88 Å². The Kier molecular flexibility index (Phi) is 4.03. The number of amides is 1. The fourth-order valence-corrected chi connectivity index (χ4v) is 4.75. The first kappa shape index (κ1) is 15.9. The van der Waals surface area contributed by atoms with Crippen LogP contribution >= 0.6 is 11.3 Å². The number of benzene rings is 2. The van der Waals surface area contributed by atoms with Gasteiger partial charge in [-0.15, -0.1) is 11.3 Å². The van der Waals surface area contributed by atoms with Crippen LogP contribution in [0.1, 0.15) is 39.7 Å². The SMILES string of the molecule is C[C@@H]1CCc2sc(NC(=O)c3cccc4ccccc34)c(C#N)c2C1. The highest BCUT2D eigenvalue weighted by Gasteiger charge is 2.25. The van der Waals surface area contributed by atoms with Gasteiger partial charge < -0.3 is 5.32 Å². The van der Waals surface area contributed by atoms with Gasteiger partial charge >= 0.3 is 0 Å². The molecule has 0 bridgehead atoms. The second-order valence-corrected chi connectivity index (χ2v) is 7.75. The van der Waals surface area contributed by atoms with Crippen molar-refractivity contribution in [2.45, 2.75) is 26.2 Å². The Morgan fingerprint density at radius 1 is 1.24 bits per heavy atom. The first-order valence-corrected chi connectivity index (χ1v) is 9.32. The third kappa shape index (κ3) is 2.81. The molecule has 1 aliphatic rings. The molecule has 124 valence electrons. The summed E-state index contributed by atoms with van der Waals surface area (Å²) in [6.07, 6.45) is 3.08. The zero-order chi connectivity index (χ0) is 17.4. The Balaban J connectivity index is 1.71. The monoisotopic (exact) mass is 346 g/mol. The summed E-state index contributed by atoms with van der Waals surface area (Å²) >= 11 is 1.56. The van der Waals surface area contributed by atoms with E-state index in [1.807, 2.05) is 42.5 Å². The lowest BCUT2D eigenvalue weighted by Gasteiger charge is -2.17. The third-order valence-electron chi connectivity index (χ3n) is 4.88. The molecule has 1 N–H and O–H groups in total. The van der Waals surface area contributed by atoms with Crippen molar-refractivity contribution in [1.82, 2.24) is 0 Å². The highest BCUT2D eigenvalue weighted by Crippen LogP contribution is 2.39. The van der Waals surface area contributed by atoms with Crippen molar-refractivity contribution in [1.29, 1.82) is 5.26 Å². The Morgan fingerprint density at radius 2 is 2.04 bits per heavy atom. The molecular formula is C21H18N2OS. The van der Waals surface area contributed by atoms with E-state index in [0.717, 1.165) is 35.6 Å². The molecule has 25 heavy (non-hydrogen) atoms. The van der Waals surface area contributed by atoms with Crippen LogP contribution in [0.4, 0.5) is 5.00 Å². The van der Waals surface area contributed by atoms with E-state index in [1.54, 1.807) is 11.3 Å². The molecule has 0 aliphatic heterocycles. The second-order valence-electron chi connectivity index (χ2n) is 6.65. The lowest BCUT2D eigenvalue weighted by atomic mass is 9.88. The number of aryl methyl sites for hydroxylation is 1. The van der Waals surface area contributed by atoms with Crippen LogP contribution in [-0.4, -0.2) is 5.91 Å². The van der Waals surface area contributed by atoms with Crippen molar-refractivity contribution in [3.63, 3.8) is 0 Å². The van der Waals surface area contributed by atoms with Crippen LogP contribution in [0, 0.1) is 17.2 Å². The van der Waals surface area contributed by atoms with E-state index in [9.17, 15) is 10.1 Å². The number of rotatable bonds is 2. The molecule has 4 rings (SSSR count). The first-order valence-electron chi connectivity index (χ1n) is 8.51. The van der Waals surface area contributed by atoms with E-state index in [-0.39, 0.29) is 5.91 Å². The minimum absolute atomic E-state index is 0.153. The van der Waals surface area contributed by atoms with Crippen LogP contribution in [0.3, 0.4) is 0 Å². The van der Waals surface area contributed by atoms with Gasteiger partial charge in [-0.2, -0.15) is 5.26 Å². The molecule has 0 fully saturated rings. The second kappa shape index (κ2) is 6.34. The predicted octanol–water partition coefficient (Wildman–Crippen LogP) is 5.15. The van der Waals surface area contributed by atoms with Crippen molar-refractivity contribution in [3.8, 4) is 6.07 Å². The molecule has 1 heterocycles. The van der Waals surface area contributed by atoms with Crippen molar-refractivity contribution >= 4 is 33.0 Å². The number of carbonyl (C=O) groups is 1. The maximum Gasteiger partial charge on any atom is 0.256 e. The lowest BCUT2D eigenvalue weighted by Crippen LogP contribution is -2.13. The van der Waals surface area contributed by atoms with E-state index in [0.29, 0.717) is 22.0 Å². The summed E-state index contributed by atoms with van der Waals surface area (Å²) in [6, 6.07) is 15.9. The molecule has 1 amide bonds. The van der Waals surface area contributed by atoms with E-state index in [2.05, 4.69) is 18.3 Å². The number of anilines is 1. The zero-order valence-corrected chi connectivity index (χ0v) is 14.8. The van der Waals surface area contributed by atoms with E-state index < -0.39 is 0 Å². The highest BCUT2D eigenvalue weighted by molar-refractivity contribution is 7.16. The van der Waals surface area contributed by atoms with Crippen LogP contribution < -0.4 is 5.32 Å². The maximum absolute atomic E-state index is 12.9. The van der Waals surface area contributed by atoms with Gasteiger partial charge in [0.15, 0.2) is 0 Å².